The monoisotopic (exact) mass is 188 g/mol. The molecule has 0 saturated heterocycles. The lowest BCUT2D eigenvalue weighted by atomic mass is 10.3. The van der Waals surface area contributed by atoms with Crippen molar-refractivity contribution in [1.29, 1.82) is 0 Å². The lowest BCUT2D eigenvalue weighted by Crippen LogP contribution is -2.04. The number of halogens is 3. The van der Waals surface area contributed by atoms with Gasteiger partial charge in [-0.25, -0.2) is 18.2 Å². The second kappa shape index (κ2) is 3.47. The highest BCUT2D eigenvalue weighted by Gasteiger charge is 2.12. The molecule has 1 aromatic carbocycles. The van der Waals surface area contributed by atoms with Gasteiger partial charge in [-0.3, -0.25) is 0 Å². The maximum absolute atomic E-state index is 12.8. The fourth-order valence-electron chi connectivity index (χ4n) is 0.792. The zero-order chi connectivity index (χ0) is 10.0. The molecular weight excluding hydrogens is 181 g/mol. The molecule has 0 radical (unpaired) electrons. The normalized spacial score (nSPS) is 11.8. The van der Waals surface area contributed by atoms with E-state index in [0.29, 0.717) is 0 Å². The third kappa shape index (κ3) is 1.99. The highest BCUT2D eigenvalue weighted by atomic mass is 19.2. The molecule has 0 amide bonds. The summed E-state index contributed by atoms with van der Waals surface area (Å²) in [5, 5.41) is 0. The molecule has 0 heterocycles. The lowest BCUT2D eigenvalue weighted by molar-refractivity contribution is 0.448. The maximum atomic E-state index is 12.8. The van der Waals surface area contributed by atoms with E-state index in [1.165, 1.54) is 6.92 Å². The van der Waals surface area contributed by atoms with Gasteiger partial charge >= 0.3 is 0 Å². The standard InChI is InChI=1S/C8H7F3N2/c1-4(12)13-6-3-2-5(9)7(10)8(6)11/h2-3H,1H3,(H2,12,13). The van der Waals surface area contributed by atoms with Crippen molar-refractivity contribution in [3.8, 4) is 0 Å². The number of aliphatic imine (C=N–C) groups is 1. The number of hydrogen-bond donors (Lipinski definition) is 1. The van der Waals surface area contributed by atoms with Gasteiger partial charge in [0.2, 0.25) is 0 Å². The number of benzene rings is 1. The van der Waals surface area contributed by atoms with Gasteiger partial charge in [-0.05, 0) is 19.1 Å². The van der Waals surface area contributed by atoms with Gasteiger partial charge in [0.05, 0.1) is 5.84 Å². The van der Waals surface area contributed by atoms with Crippen molar-refractivity contribution in [1.82, 2.24) is 0 Å². The van der Waals surface area contributed by atoms with Crippen LogP contribution in [0.4, 0.5) is 18.9 Å². The summed E-state index contributed by atoms with van der Waals surface area (Å²) in [6, 6.07) is 1.81. The van der Waals surface area contributed by atoms with Gasteiger partial charge in [0.1, 0.15) is 5.69 Å². The second-order valence-corrected chi connectivity index (χ2v) is 2.45. The Morgan fingerprint density at radius 3 is 2.38 bits per heavy atom. The van der Waals surface area contributed by atoms with Crippen LogP contribution in [0, 0.1) is 17.5 Å². The zero-order valence-corrected chi connectivity index (χ0v) is 6.81. The Kier molecular flexibility index (Phi) is 2.55. The molecule has 70 valence electrons. The fourth-order valence-corrected chi connectivity index (χ4v) is 0.792. The molecule has 0 bridgehead atoms. The van der Waals surface area contributed by atoms with Crippen molar-refractivity contribution in [2.75, 3.05) is 0 Å². The van der Waals surface area contributed by atoms with E-state index in [4.69, 9.17) is 5.73 Å². The minimum Gasteiger partial charge on any atom is -0.387 e. The van der Waals surface area contributed by atoms with E-state index in [9.17, 15) is 13.2 Å². The summed E-state index contributed by atoms with van der Waals surface area (Å²) in [6.07, 6.45) is 0. The molecule has 0 aliphatic heterocycles. The van der Waals surface area contributed by atoms with Crippen LogP contribution in [0.5, 0.6) is 0 Å². The Morgan fingerprint density at radius 1 is 1.23 bits per heavy atom. The van der Waals surface area contributed by atoms with Crippen LogP contribution < -0.4 is 5.73 Å². The molecule has 0 fully saturated rings. The fraction of sp³-hybridized carbons (Fsp3) is 0.125. The van der Waals surface area contributed by atoms with E-state index in [1.807, 2.05) is 0 Å². The Balaban J connectivity index is 3.26. The third-order valence-electron chi connectivity index (χ3n) is 1.31. The molecule has 0 unspecified atom stereocenters. The summed E-state index contributed by atoms with van der Waals surface area (Å²) in [7, 11) is 0. The molecule has 2 nitrogen and oxygen atoms in total. The van der Waals surface area contributed by atoms with Gasteiger partial charge in [0, 0.05) is 0 Å². The highest BCUT2D eigenvalue weighted by Crippen LogP contribution is 2.21. The molecule has 1 rings (SSSR count). The first-order valence-electron chi connectivity index (χ1n) is 3.46. The molecule has 0 aromatic heterocycles. The van der Waals surface area contributed by atoms with Gasteiger partial charge in [0.25, 0.3) is 0 Å². The minimum atomic E-state index is -1.54. The quantitative estimate of drug-likeness (QED) is 0.409. The predicted octanol–water partition coefficient (Wildman–Crippen LogP) is 2.11. The Morgan fingerprint density at radius 2 is 1.85 bits per heavy atom. The van der Waals surface area contributed by atoms with Crippen LogP contribution in [-0.2, 0) is 0 Å². The van der Waals surface area contributed by atoms with Gasteiger partial charge in [-0.1, -0.05) is 0 Å². The lowest BCUT2D eigenvalue weighted by Gasteiger charge is -1.99. The molecule has 2 N–H and O–H groups in total. The summed E-state index contributed by atoms with van der Waals surface area (Å²) in [5.74, 6) is -4.04. The maximum Gasteiger partial charge on any atom is 0.196 e. The number of amidine groups is 1. The number of nitrogens with zero attached hydrogens (tertiary/aromatic N) is 1. The van der Waals surface area contributed by atoms with E-state index >= 15 is 0 Å². The van der Waals surface area contributed by atoms with Crippen molar-refractivity contribution in [2.45, 2.75) is 6.92 Å². The molecule has 0 aliphatic rings. The molecule has 13 heavy (non-hydrogen) atoms. The van der Waals surface area contributed by atoms with E-state index < -0.39 is 17.5 Å². The number of rotatable bonds is 1. The molecule has 5 heteroatoms. The van der Waals surface area contributed by atoms with Gasteiger partial charge in [-0.15, -0.1) is 0 Å². The average molecular weight is 188 g/mol. The Hall–Kier alpha value is -1.52. The number of nitrogens with two attached hydrogens (primary N) is 1. The van der Waals surface area contributed by atoms with Crippen LogP contribution in [0.2, 0.25) is 0 Å². The van der Waals surface area contributed by atoms with Gasteiger partial charge in [-0.2, -0.15) is 0 Å². The van der Waals surface area contributed by atoms with E-state index in [-0.39, 0.29) is 11.5 Å². The van der Waals surface area contributed by atoms with Crippen molar-refractivity contribution in [3.63, 3.8) is 0 Å². The van der Waals surface area contributed by atoms with Crippen LogP contribution in [0.15, 0.2) is 17.1 Å². The smallest absolute Gasteiger partial charge is 0.196 e. The molecule has 0 aliphatic carbocycles. The predicted molar refractivity (Wildman–Crippen MR) is 43.3 cm³/mol. The summed E-state index contributed by atoms with van der Waals surface area (Å²) in [4.78, 5) is 3.47. The van der Waals surface area contributed by atoms with Crippen molar-refractivity contribution < 1.29 is 13.2 Å². The highest BCUT2D eigenvalue weighted by molar-refractivity contribution is 5.80. The molecule has 0 saturated carbocycles. The topological polar surface area (TPSA) is 38.4 Å². The van der Waals surface area contributed by atoms with E-state index in [1.54, 1.807) is 0 Å². The van der Waals surface area contributed by atoms with Gasteiger partial charge in [0.15, 0.2) is 17.5 Å². The Labute approximate surface area is 72.9 Å². The first-order chi connectivity index (χ1) is 6.02. The van der Waals surface area contributed by atoms with Crippen LogP contribution >= 0.6 is 0 Å². The van der Waals surface area contributed by atoms with E-state index in [2.05, 4.69) is 4.99 Å². The van der Waals surface area contributed by atoms with Crippen LogP contribution in [0.1, 0.15) is 6.92 Å². The van der Waals surface area contributed by atoms with Crippen LogP contribution in [-0.4, -0.2) is 5.84 Å². The van der Waals surface area contributed by atoms with E-state index in [0.717, 1.165) is 12.1 Å². The molecule has 0 atom stereocenters. The first kappa shape index (κ1) is 9.57. The summed E-state index contributed by atoms with van der Waals surface area (Å²) < 4.78 is 37.8. The van der Waals surface area contributed by atoms with Crippen LogP contribution in [0.25, 0.3) is 0 Å². The first-order valence-corrected chi connectivity index (χ1v) is 3.46. The summed E-state index contributed by atoms with van der Waals surface area (Å²) in [6.45, 7) is 1.42. The third-order valence-corrected chi connectivity index (χ3v) is 1.31. The number of hydrogen-bond acceptors (Lipinski definition) is 1. The van der Waals surface area contributed by atoms with Crippen molar-refractivity contribution >= 4 is 11.5 Å². The molecule has 0 spiro atoms. The van der Waals surface area contributed by atoms with Crippen molar-refractivity contribution in [3.05, 3.63) is 29.6 Å². The van der Waals surface area contributed by atoms with Gasteiger partial charge < -0.3 is 5.73 Å². The van der Waals surface area contributed by atoms with Crippen LogP contribution in [0.3, 0.4) is 0 Å². The summed E-state index contributed by atoms with van der Waals surface area (Å²) in [5.41, 5.74) is 4.84. The summed E-state index contributed by atoms with van der Waals surface area (Å²) >= 11 is 0. The SMILES string of the molecule is CC(N)=Nc1ccc(F)c(F)c1F. The zero-order valence-electron chi connectivity index (χ0n) is 6.81. The minimum absolute atomic E-state index is 0.0740. The molecular formula is C8H7F3N2. The largest absolute Gasteiger partial charge is 0.387 e. The second-order valence-electron chi connectivity index (χ2n) is 2.45. The Bertz CT molecular complexity index is 357. The van der Waals surface area contributed by atoms with Crippen molar-refractivity contribution in [2.24, 2.45) is 10.7 Å². The molecule has 1 aromatic rings. The average Bonchev–Trinajstić information content (AvgIpc) is 2.06.